The third-order valence-corrected chi connectivity index (χ3v) is 3.32. The summed E-state index contributed by atoms with van der Waals surface area (Å²) < 4.78 is 0. The molecule has 0 saturated carbocycles. The number of aromatic nitrogens is 2. The highest BCUT2D eigenvalue weighted by Crippen LogP contribution is 2.17. The maximum atomic E-state index is 10.7. The van der Waals surface area contributed by atoms with Gasteiger partial charge in [-0.3, -0.25) is 0 Å². The lowest BCUT2D eigenvalue weighted by atomic mass is 10.4. The summed E-state index contributed by atoms with van der Waals surface area (Å²) in [5.74, 6) is 0.239. The van der Waals surface area contributed by atoms with Crippen molar-refractivity contribution < 1.29 is 9.90 Å². The van der Waals surface area contributed by atoms with Gasteiger partial charge in [-0.2, -0.15) is 11.8 Å². The molecule has 1 aromatic rings. The highest BCUT2D eigenvalue weighted by atomic mass is 32.2. The summed E-state index contributed by atoms with van der Waals surface area (Å²) in [4.78, 5) is 18.6. The zero-order chi connectivity index (χ0) is 11.3. The molecule has 0 saturated heterocycles. The van der Waals surface area contributed by atoms with Gasteiger partial charge in [0, 0.05) is 11.4 Å². The average molecular weight is 226 g/mol. The molecule has 0 spiro atoms. The second-order valence-corrected chi connectivity index (χ2v) is 4.62. The number of nitrogens with zero attached hydrogens (tertiary/aromatic N) is 2. The molecule has 0 fully saturated rings. The first-order valence-corrected chi connectivity index (χ1v) is 5.85. The quantitative estimate of drug-likeness (QED) is 0.834. The van der Waals surface area contributed by atoms with Crippen LogP contribution < -0.4 is 0 Å². The Hall–Kier alpha value is -1.10. The molecule has 0 aliphatic heterocycles. The van der Waals surface area contributed by atoms with E-state index in [1.165, 1.54) is 12.3 Å². The van der Waals surface area contributed by atoms with Gasteiger partial charge in [0.05, 0.1) is 5.75 Å². The van der Waals surface area contributed by atoms with Gasteiger partial charge in [-0.05, 0) is 12.5 Å². The van der Waals surface area contributed by atoms with Crippen molar-refractivity contribution in [1.29, 1.82) is 0 Å². The number of thioether (sulfide) groups is 1. The third-order valence-electron chi connectivity index (χ3n) is 2.00. The molecule has 1 N–H and O–H groups in total. The lowest BCUT2D eigenvalue weighted by Crippen LogP contribution is -2.04. The summed E-state index contributed by atoms with van der Waals surface area (Å²) >= 11 is 1.73. The second-order valence-electron chi connectivity index (χ2n) is 3.19. The van der Waals surface area contributed by atoms with Crippen LogP contribution in [0.5, 0.6) is 0 Å². The number of rotatable bonds is 5. The first-order valence-electron chi connectivity index (χ1n) is 4.80. The van der Waals surface area contributed by atoms with Crippen LogP contribution in [-0.2, 0) is 5.75 Å². The van der Waals surface area contributed by atoms with Crippen LogP contribution in [-0.4, -0.2) is 26.3 Å². The van der Waals surface area contributed by atoms with Gasteiger partial charge in [0.25, 0.3) is 0 Å². The maximum Gasteiger partial charge on any atom is 0.354 e. The molecule has 4 nitrogen and oxygen atoms in total. The van der Waals surface area contributed by atoms with Crippen LogP contribution in [0.3, 0.4) is 0 Å². The Morgan fingerprint density at radius 2 is 2.40 bits per heavy atom. The summed E-state index contributed by atoms with van der Waals surface area (Å²) in [6.45, 7) is 4.25. The Morgan fingerprint density at radius 3 is 3.00 bits per heavy atom. The number of carboxylic acids is 1. The molecule has 0 aromatic carbocycles. The van der Waals surface area contributed by atoms with Gasteiger partial charge in [0.1, 0.15) is 5.82 Å². The molecule has 5 heteroatoms. The largest absolute Gasteiger partial charge is 0.477 e. The summed E-state index contributed by atoms with van der Waals surface area (Å²) in [5, 5.41) is 9.28. The van der Waals surface area contributed by atoms with E-state index in [1.54, 1.807) is 11.8 Å². The Labute approximate surface area is 93.1 Å². The molecular formula is C10H14N2O2S. The van der Waals surface area contributed by atoms with E-state index < -0.39 is 5.97 Å². The lowest BCUT2D eigenvalue weighted by molar-refractivity contribution is 0.0690. The smallest absolute Gasteiger partial charge is 0.354 e. The molecule has 0 amide bonds. The van der Waals surface area contributed by atoms with Crippen molar-refractivity contribution in [3.63, 3.8) is 0 Å². The minimum Gasteiger partial charge on any atom is -0.477 e. The number of hydrogen-bond donors (Lipinski definition) is 1. The highest BCUT2D eigenvalue weighted by molar-refractivity contribution is 7.99. The number of carbonyl (C=O) groups is 1. The third kappa shape index (κ3) is 3.87. The van der Waals surface area contributed by atoms with E-state index in [-0.39, 0.29) is 5.69 Å². The van der Waals surface area contributed by atoms with E-state index in [4.69, 9.17) is 5.11 Å². The van der Waals surface area contributed by atoms with Gasteiger partial charge < -0.3 is 5.11 Å². The Kier molecular flexibility index (Phi) is 4.55. The van der Waals surface area contributed by atoms with Crippen molar-refractivity contribution in [1.82, 2.24) is 9.97 Å². The average Bonchev–Trinajstić information content (AvgIpc) is 2.26. The first kappa shape index (κ1) is 12.0. The second kappa shape index (κ2) is 5.70. The molecule has 0 radical (unpaired) electrons. The predicted octanol–water partition coefficient (Wildman–Crippen LogP) is 2.21. The van der Waals surface area contributed by atoms with E-state index in [9.17, 15) is 4.79 Å². The molecule has 0 bridgehead atoms. The van der Waals surface area contributed by atoms with Crippen LogP contribution in [0.1, 0.15) is 36.6 Å². The van der Waals surface area contributed by atoms with Gasteiger partial charge in [-0.25, -0.2) is 14.8 Å². The number of carboxylic acid groups (broad SMARTS) is 1. The molecule has 1 rings (SSSR count). The van der Waals surface area contributed by atoms with Crippen molar-refractivity contribution in [3.05, 3.63) is 23.8 Å². The van der Waals surface area contributed by atoms with E-state index in [0.717, 1.165) is 6.42 Å². The molecule has 1 heterocycles. The fraction of sp³-hybridized carbons (Fsp3) is 0.500. The van der Waals surface area contributed by atoms with Crippen LogP contribution in [0.15, 0.2) is 12.3 Å². The van der Waals surface area contributed by atoms with Gasteiger partial charge in [-0.15, -0.1) is 0 Å². The maximum absolute atomic E-state index is 10.7. The zero-order valence-corrected chi connectivity index (χ0v) is 9.62. The minimum absolute atomic E-state index is 0.0600. The summed E-state index contributed by atoms with van der Waals surface area (Å²) in [6, 6.07) is 1.40. The molecular weight excluding hydrogens is 212 g/mol. The Morgan fingerprint density at radius 1 is 1.67 bits per heavy atom. The summed E-state index contributed by atoms with van der Waals surface area (Å²) in [5.41, 5.74) is 0.0600. The van der Waals surface area contributed by atoms with Gasteiger partial charge in [0.2, 0.25) is 0 Å². The molecule has 0 aliphatic rings. The van der Waals surface area contributed by atoms with Crippen LogP contribution in [0, 0.1) is 0 Å². The first-order chi connectivity index (χ1) is 7.13. The van der Waals surface area contributed by atoms with Gasteiger partial charge >= 0.3 is 5.97 Å². The molecule has 0 aliphatic carbocycles. The molecule has 1 unspecified atom stereocenters. The van der Waals surface area contributed by atoms with E-state index >= 15 is 0 Å². The molecule has 15 heavy (non-hydrogen) atoms. The summed E-state index contributed by atoms with van der Waals surface area (Å²) in [7, 11) is 0. The Bertz CT molecular complexity index is 344. The van der Waals surface area contributed by atoms with Crippen molar-refractivity contribution in [3.8, 4) is 0 Å². The van der Waals surface area contributed by atoms with Gasteiger partial charge in [-0.1, -0.05) is 13.8 Å². The van der Waals surface area contributed by atoms with Crippen LogP contribution >= 0.6 is 11.8 Å². The topological polar surface area (TPSA) is 63.1 Å². The van der Waals surface area contributed by atoms with Gasteiger partial charge in [0.15, 0.2) is 5.69 Å². The van der Waals surface area contributed by atoms with Crippen molar-refractivity contribution in [2.45, 2.75) is 31.3 Å². The number of hydrogen-bond acceptors (Lipinski definition) is 4. The van der Waals surface area contributed by atoms with E-state index in [0.29, 0.717) is 16.8 Å². The predicted molar refractivity (Wildman–Crippen MR) is 60.0 cm³/mol. The molecule has 82 valence electrons. The minimum atomic E-state index is -1.01. The van der Waals surface area contributed by atoms with E-state index in [1.807, 2.05) is 0 Å². The normalized spacial score (nSPS) is 12.4. The van der Waals surface area contributed by atoms with Crippen molar-refractivity contribution >= 4 is 17.7 Å². The fourth-order valence-electron chi connectivity index (χ4n) is 0.922. The number of aromatic carboxylic acids is 1. The van der Waals surface area contributed by atoms with Crippen molar-refractivity contribution in [2.75, 3.05) is 0 Å². The van der Waals surface area contributed by atoms with E-state index in [2.05, 4.69) is 23.8 Å². The van der Waals surface area contributed by atoms with Crippen LogP contribution in [0.25, 0.3) is 0 Å². The molecule has 1 atom stereocenters. The fourth-order valence-corrected chi connectivity index (χ4v) is 1.73. The monoisotopic (exact) mass is 226 g/mol. The highest BCUT2D eigenvalue weighted by Gasteiger charge is 2.07. The van der Waals surface area contributed by atoms with Crippen molar-refractivity contribution in [2.24, 2.45) is 0 Å². The van der Waals surface area contributed by atoms with Crippen LogP contribution in [0.4, 0.5) is 0 Å². The Balaban J connectivity index is 2.62. The zero-order valence-electron chi connectivity index (χ0n) is 8.80. The standard InChI is InChI=1S/C10H14N2O2S/c1-3-7(2)15-6-9-11-5-4-8(12-9)10(13)14/h4-5,7H,3,6H2,1-2H3,(H,13,14). The lowest BCUT2D eigenvalue weighted by Gasteiger charge is -2.06. The van der Waals surface area contributed by atoms with Crippen LogP contribution in [0.2, 0.25) is 0 Å². The molecule has 1 aromatic heterocycles. The summed E-state index contributed by atoms with van der Waals surface area (Å²) in [6.07, 6.45) is 2.58. The SMILES string of the molecule is CCC(C)SCc1nccc(C(=O)O)n1.